The number of nitrogens with zero attached hydrogens (tertiary/aromatic N) is 2. The van der Waals surface area contributed by atoms with Gasteiger partial charge in [0.05, 0.1) is 6.54 Å². The molecule has 1 aromatic heterocycles. The molecule has 0 fully saturated rings. The van der Waals surface area contributed by atoms with E-state index in [0.717, 1.165) is 17.7 Å². The molecule has 2 amide bonds. The number of hydrogen-bond donors (Lipinski definition) is 2. The summed E-state index contributed by atoms with van der Waals surface area (Å²) in [5.41, 5.74) is 1.23. The second-order valence-electron chi connectivity index (χ2n) is 10.3. The second-order valence-corrected chi connectivity index (χ2v) is 10.3. The third kappa shape index (κ3) is 5.97. The highest BCUT2D eigenvalue weighted by Crippen LogP contribution is 2.28. The maximum atomic E-state index is 12.9. The van der Waals surface area contributed by atoms with E-state index in [-0.39, 0.29) is 23.0 Å². The van der Waals surface area contributed by atoms with E-state index in [1.165, 1.54) is 0 Å². The Morgan fingerprint density at radius 2 is 1.78 bits per heavy atom. The van der Waals surface area contributed by atoms with Crippen LogP contribution in [0.1, 0.15) is 83.6 Å². The van der Waals surface area contributed by atoms with Gasteiger partial charge >= 0.3 is 6.09 Å². The van der Waals surface area contributed by atoms with Crippen LogP contribution in [0.3, 0.4) is 0 Å². The molecule has 1 aromatic rings. The van der Waals surface area contributed by atoms with Crippen molar-refractivity contribution in [2.45, 2.75) is 85.9 Å². The summed E-state index contributed by atoms with van der Waals surface area (Å²) >= 11 is 0. The van der Waals surface area contributed by atoms with Crippen LogP contribution in [0.2, 0.25) is 0 Å². The van der Waals surface area contributed by atoms with Gasteiger partial charge < -0.3 is 15.0 Å². The Morgan fingerprint density at radius 1 is 1.15 bits per heavy atom. The lowest BCUT2D eigenvalue weighted by molar-refractivity contribution is 0.0222. The van der Waals surface area contributed by atoms with Gasteiger partial charge in [-0.15, -0.1) is 0 Å². The number of aromatic nitrogens is 2. The Bertz CT molecular complexity index is 708. The molecule has 0 unspecified atom stereocenters. The van der Waals surface area contributed by atoms with Crippen LogP contribution in [0.5, 0.6) is 0 Å². The fourth-order valence-electron chi connectivity index (χ4n) is 3.70. The molecule has 2 N–H and O–H groups in total. The van der Waals surface area contributed by atoms with E-state index in [2.05, 4.69) is 36.3 Å². The van der Waals surface area contributed by atoms with Crippen molar-refractivity contribution in [1.29, 1.82) is 0 Å². The molecule has 0 spiro atoms. The molecule has 1 aliphatic heterocycles. The largest absolute Gasteiger partial charge is 0.444 e. The summed E-state index contributed by atoms with van der Waals surface area (Å²) in [6.45, 7) is 16.9. The van der Waals surface area contributed by atoms with Crippen LogP contribution < -0.4 is 5.32 Å². The molecule has 1 aliphatic rings. The van der Waals surface area contributed by atoms with Gasteiger partial charge in [-0.3, -0.25) is 9.89 Å². The molecule has 0 aliphatic carbocycles. The van der Waals surface area contributed by atoms with Crippen LogP contribution in [-0.2, 0) is 17.7 Å². The van der Waals surface area contributed by atoms with E-state index in [1.54, 1.807) is 4.90 Å². The third-order valence-corrected chi connectivity index (χ3v) is 4.22. The highest BCUT2D eigenvalue weighted by atomic mass is 16.6. The van der Waals surface area contributed by atoms with Crippen molar-refractivity contribution in [3.05, 3.63) is 17.0 Å². The molecule has 0 bridgehead atoms. The SMILES string of the molecule is CC(C)(C)CC(C)(C)NC(=O)c1n[nH]c2c1CN(C(=O)OC(C)(C)C)CC2. The Morgan fingerprint density at radius 3 is 2.33 bits per heavy atom. The van der Waals surface area contributed by atoms with E-state index in [1.807, 2.05) is 34.6 Å². The van der Waals surface area contributed by atoms with Gasteiger partial charge in [0.2, 0.25) is 0 Å². The lowest BCUT2D eigenvalue weighted by Crippen LogP contribution is -2.46. The zero-order valence-corrected chi connectivity index (χ0v) is 17.9. The summed E-state index contributed by atoms with van der Waals surface area (Å²) in [4.78, 5) is 26.9. The number of rotatable bonds is 3. The Labute approximate surface area is 162 Å². The highest BCUT2D eigenvalue weighted by molar-refractivity contribution is 5.94. The number of amides is 2. The number of H-pyrrole nitrogens is 1. The highest BCUT2D eigenvalue weighted by Gasteiger charge is 2.33. The van der Waals surface area contributed by atoms with E-state index in [4.69, 9.17) is 4.74 Å². The molecule has 7 nitrogen and oxygen atoms in total. The zero-order chi connectivity index (χ0) is 20.6. The zero-order valence-electron chi connectivity index (χ0n) is 17.9. The molecule has 152 valence electrons. The van der Waals surface area contributed by atoms with Crippen molar-refractivity contribution in [1.82, 2.24) is 20.4 Å². The monoisotopic (exact) mass is 378 g/mol. The number of aromatic amines is 1. The first-order valence-corrected chi connectivity index (χ1v) is 9.53. The summed E-state index contributed by atoms with van der Waals surface area (Å²) in [6.07, 6.45) is 1.09. The van der Waals surface area contributed by atoms with Gasteiger partial charge in [-0.1, -0.05) is 20.8 Å². The smallest absolute Gasteiger partial charge is 0.410 e. The average molecular weight is 379 g/mol. The first kappa shape index (κ1) is 21.3. The Balaban J connectivity index is 2.13. The van der Waals surface area contributed by atoms with Crippen molar-refractivity contribution in [3.63, 3.8) is 0 Å². The summed E-state index contributed by atoms with van der Waals surface area (Å²) < 4.78 is 5.46. The summed E-state index contributed by atoms with van der Waals surface area (Å²) in [5.74, 6) is -0.215. The molecule has 0 saturated carbocycles. The van der Waals surface area contributed by atoms with Crippen LogP contribution >= 0.6 is 0 Å². The van der Waals surface area contributed by atoms with Crippen LogP contribution in [0, 0.1) is 5.41 Å². The van der Waals surface area contributed by atoms with E-state index in [0.29, 0.717) is 25.2 Å². The lowest BCUT2D eigenvalue weighted by Gasteiger charge is -2.33. The van der Waals surface area contributed by atoms with Gasteiger partial charge in [0, 0.05) is 29.8 Å². The predicted molar refractivity (Wildman–Crippen MR) is 105 cm³/mol. The van der Waals surface area contributed by atoms with Crippen molar-refractivity contribution in [2.24, 2.45) is 5.41 Å². The molecule has 0 aromatic carbocycles. The minimum absolute atomic E-state index is 0.0926. The van der Waals surface area contributed by atoms with Crippen molar-refractivity contribution >= 4 is 12.0 Å². The van der Waals surface area contributed by atoms with Crippen molar-refractivity contribution in [3.8, 4) is 0 Å². The normalized spacial score (nSPS) is 15.3. The number of carbonyl (C=O) groups is 2. The van der Waals surface area contributed by atoms with Gasteiger partial charge in [0.15, 0.2) is 5.69 Å². The average Bonchev–Trinajstić information content (AvgIpc) is 2.84. The minimum Gasteiger partial charge on any atom is -0.444 e. The number of carbonyl (C=O) groups excluding carboxylic acids is 2. The van der Waals surface area contributed by atoms with Crippen molar-refractivity contribution < 1.29 is 14.3 Å². The molecule has 0 saturated heterocycles. The molecule has 0 atom stereocenters. The molecule has 0 radical (unpaired) electrons. The van der Waals surface area contributed by atoms with E-state index < -0.39 is 5.60 Å². The van der Waals surface area contributed by atoms with Gasteiger partial charge in [-0.05, 0) is 46.5 Å². The summed E-state index contributed by atoms with van der Waals surface area (Å²) in [5, 5.41) is 10.3. The topological polar surface area (TPSA) is 87.3 Å². The van der Waals surface area contributed by atoms with Crippen molar-refractivity contribution in [2.75, 3.05) is 6.54 Å². The fraction of sp³-hybridized carbons (Fsp3) is 0.750. The van der Waals surface area contributed by atoms with Crippen LogP contribution in [-0.4, -0.2) is 44.8 Å². The first-order valence-electron chi connectivity index (χ1n) is 9.53. The van der Waals surface area contributed by atoms with Gasteiger partial charge in [-0.2, -0.15) is 5.10 Å². The summed E-state index contributed by atoms with van der Waals surface area (Å²) in [7, 11) is 0. The lowest BCUT2D eigenvalue weighted by atomic mass is 9.81. The molecule has 2 heterocycles. The Hall–Kier alpha value is -2.05. The van der Waals surface area contributed by atoms with E-state index >= 15 is 0 Å². The maximum absolute atomic E-state index is 12.9. The van der Waals surface area contributed by atoms with Gasteiger partial charge in [-0.25, -0.2) is 4.79 Å². The van der Waals surface area contributed by atoms with Crippen LogP contribution in [0.4, 0.5) is 4.79 Å². The Kier molecular flexibility index (Phi) is 5.64. The fourth-order valence-corrected chi connectivity index (χ4v) is 3.70. The summed E-state index contributed by atoms with van der Waals surface area (Å²) in [6, 6.07) is 0. The standard InChI is InChI=1S/C20H34N4O3/c1-18(2,3)12-20(7,8)21-16(25)15-13-11-24(10-9-14(13)22-23-15)17(26)27-19(4,5)6/h9-12H2,1-8H3,(H,21,25)(H,22,23). The maximum Gasteiger partial charge on any atom is 0.410 e. The van der Waals surface area contributed by atoms with E-state index in [9.17, 15) is 9.59 Å². The third-order valence-electron chi connectivity index (χ3n) is 4.22. The minimum atomic E-state index is -0.551. The molecule has 7 heteroatoms. The molecule has 27 heavy (non-hydrogen) atoms. The second kappa shape index (κ2) is 7.17. The molecular weight excluding hydrogens is 344 g/mol. The number of ether oxygens (including phenoxy) is 1. The van der Waals surface area contributed by atoms with Crippen LogP contribution in [0.15, 0.2) is 0 Å². The quantitative estimate of drug-likeness (QED) is 0.840. The molecule has 2 rings (SSSR count). The van der Waals surface area contributed by atoms with Gasteiger partial charge in [0.25, 0.3) is 5.91 Å². The number of fused-ring (bicyclic) bond motifs is 1. The molecular formula is C20H34N4O3. The first-order chi connectivity index (χ1) is 12.2. The number of nitrogens with one attached hydrogen (secondary N) is 2. The van der Waals surface area contributed by atoms with Crippen LogP contribution in [0.25, 0.3) is 0 Å². The predicted octanol–water partition coefficient (Wildman–Crippen LogP) is 3.65. The number of hydrogen-bond acceptors (Lipinski definition) is 4. The van der Waals surface area contributed by atoms with Gasteiger partial charge in [0.1, 0.15) is 5.60 Å².